The zero-order valence-electron chi connectivity index (χ0n) is 12.2. The van der Waals surface area contributed by atoms with E-state index in [1.54, 1.807) is 0 Å². The fourth-order valence-corrected chi connectivity index (χ4v) is 2.32. The summed E-state index contributed by atoms with van der Waals surface area (Å²) in [6.45, 7) is 4.44. The van der Waals surface area contributed by atoms with Crippen molar-refractivity contribution >= 4 is 11.2 Å². The van der Waals surface area contributed by atoms with E-state index in [0.29, 0.717) is 12.5 Å². The topological polar surface area (TPSA) is 66.0 Å². The smallest absolute Gasteiger partial charge is 0.215 e. The molecule has 1 aromatic carbocycles. The zero-order chi connectivity index (χ0) is 14.8. The molecule has 5 nitrogen and oxygen atoms in total. The van der Waals surface area contributed by atoms with Gasteiger partial charge in [0.05, 0.1) is 12.6 Å². The average Bonchev–Trinajstić information content (AvgIpc) is 2.87. The summed E-state index contributed by atoms with van der Waals surface area (Å²) in [4.78, 5) is 9.18. The first-order chi connectivity index (χ1) is 10.2. The molecule has 0 fully saturated rings. The molecule has 0 saturated heterocycles. The van der Waals surface area contributed by atoms with Gasteiger partial charge in [0.25, 0.3) is 0 Å². The highest BCUT2D eigenvalue weighted by atomic mass is 16.5. The number of pyridine rings is 1. The Kier molecular flexibility index (Phi) is 3.58. The van der Waals surface area contributed by atoms with Crippen molar-refractivity contribution in [1.29, 1.82) is 0 Å². The van der Waals surface area contributed by atoms with Gasteiger partial charge in [0, 0.05) is 11.8 Å². The quantitative estimate of drug-likeness (QED) is 0.799. The summed E-state index contributed by atoms with van der Waals surface area (Å²) in [5.74, 6) is 1.38. The highest BCUT2D eigenvalue weighted by Gasteiger charge is 2.17. The highest BCUT2D eigenvalue weighted by Crippen LogP contribution is 2.24. The van der Waals surface area contributed by atoms with Crippen molar-refractivity contribution in [3.8, 4) is 11.6 Å². The molecule has 1 atom stereocenters. The minimum Gasteiger partial charge on any atom is -0.478 e. The van der Waals surface area contributed by atoms with Crippen LogP contribution in [0.15, 0.2) is 42.5 Å². The maximum absolute atomic E-state index is 6.07. The molecule has 0 aliphatic rings. The summed E-state index contributed by atoms with van der Waals surface area (Å²) in [6, 6.07) is 13.5. The van der Waals surface area contributed by atoms with Crippen molar-refractivity contribution in [3.05, 3.63) is 48.3 Å². The summed E-state index contributed by atoms with van der Waals surface area (Å²) < 4.78 is 7.48. The molecular formula is C16H18N4O. The second kappa shape index (κ2) is 5.54. The molecule has 2 N–H and O–H groups in total. The van der Waals surface area contributed by atoms with Crippen LogP contribution in [0.25, 0.3) is 16.9 Å². The molecule has 0 spiro atoms. The van der Waals surface area contributed by atoms with Crippen LogP contribution in [0, 0.1) is 0 Å². The summed E-state index contributed by atoms with van der Waals surface area (Å²) in [5.41, 5.74) is 8.64. The van der Waals surface area contributed by atoms with Crippen molar-refractivity contribution in [3.63, 3.8) is 0 Å². The van der Waals surface area contributed by atoms with Crippen molar-refractivity contribution in [2.75, 3.05) is 6.61 Å². The first kappa shape index (κ1) is 13.6. The number of nitrogens with two attached hydrogens (primary N) is 1. The second-order valence-electron chi connectivity index (χ2n) is 4.85. The predicted molar refractivity (Wildman–Crippen MR) is 82.6 cm³/mol. The first-order valence-corrected chi connectivity index (χ1v) is 7.04. The number of fused-ring (bicyclic) bond motifs is 1. The normalized spacial score (nSPS) is 12.5. The number of benzene rings is 1. The minimum atomic E-state index is -0.185. The fourth-order valence-electron chi connectivity index (χ4n) is 2.32. The van der Waals surface area contributed by atoms with Crippen molar-refractivity contribution in [2.24, 2.45) is 5.73 Å². The van der Waals surface area contributed by atoms with Gasteiger partial charge in [0.1, 0.15) is 11.3 Å². The lowest BCUT2D eigenvalue weighted by atomic mass is 10.3. The number of hydrogen-bond donors (Lipinski definition) is 1. The Bertz CT molecular complexity index is 750. The van der Waals surface area contributed by atoms with Crippen LogP contribution in [0.5, 0.6) is 5.88 Å². The molecule has 21 heavy (non-hydrogen) atoms. The van der Waals surface area contributed by atoms with Gasteiger partial charge in [0.2, 0.25) is 5.88 Å². The Labute approximate surface area is 123 Å². The largest absolute Gasteiger partial charge is 0.478 e. The van der Waals surface area contributed by atoms with Crippen LogP contribution in [0.1, 0.15) is 25.7 Å². The van der Waals surface area contributed by atoms with E-state index < -0.39 is 0 Å². The number of para-hydroxylation sites is 1. The van der Waals surface area contributed by atoms with E-state index in [0.717, 1.165) is 22.7 Å². The molecule has 0 aliphatic heterocycles. The SMILES string of the molecule is CCOc1ccc2nc([C@H](C)N)n(-c3ccccc3)c2n1. The maximum atomic E-state index is 6.07. The number of ether oxygens (including phenoxy) is 1. The lowest BCUT2D eigenvalue weighted by Crippen LogP contribution is -2.12. The van der Waals surface area contributed by atoms with E-state index in [1.165, 1.54) is 0 Å². The highest BCUT2D eigenvalue weighted by molar-refractivity contribution is 5.75. The van der Waals surface area contributed by atoms with Gasteiger partial charge in [-0.25, -0.2) is 4.98 Å². The van der Waals surface area contributed by atoms with E-state index in [1.807, 2.05) is 60.9 Å². The van der Waals surface area contributed by atoms with Crippen LogP contribution in [-0.2, 0) is 0 Å². The summed E-state index contributed by atoms with van der Waals surface area (Å²) in [6.07, 6.45) is 0. The third-order valence-electron chi connectivity index (χ3n) is 3.22. The van der Waals surface area contributed by atoms with Gasteiger partial charge < -0.3 is 10.5 Å². The van der Waals surface area contributed by atoms with E-state index in [4.69, 9.17) is 10.5 Å². The van der Waals surface area contributed by atoms with Crippen molar-refractivity contribution in [2.45, 2.75) is 19.9 Å². The Morgan fingerprint density at radius 2 is 1.90 bits per heavy atom. The lowest BCUT2D eigenvalue weighted by molar-refractivity contribution is 0.328. The maximum Gasteiger partial charge on any atom is 0.215 e. The average molecular weight is 282 g/mol. The van der Waals surface area contributed by atoms with Gasteiger partial charge in [-0.15, -0.1) is 0 Å². The van der Waals surface area contributed by atoms with Crippen LogP contribution in [0.3, 0.4) is 0 Å². The summed E-state index contributed by atoms with van der Waals surface area (Å²) in [7, 11) is 0. The molecule has 2 heterocycles. The molecule has 108 valence electrons. The Morgan fingerprint density at radius 3 is 2.57 bits per heavy atom. The number of rotatable bonds is 4. The van der Waals surface area contributed by atoms with Crippen LogP contribution >= 0.6 is 0 Å². The van der Waals surface area contributed by atoms with Gasteiger partial charge in [-0.2, -0.15) is 4.98 Å². The van der Waals surface area contributed by atoms with Crippen LogP contribution in [0.4, 0.5) is 0 Å². The van der Waals surface area contributed by atoms with Crippen LogP contribution < -0.4 is 10.5 Å². The molecule has 0 amide bonds. The first-order valence-electron chi connectivity index (χ1n) is 7.04. The molecule has 0 bridgehead atoms. The Hall–Kier alpha value is -2.40. The molecule has 3 rings (SSSR count). The lowest BCUT2D eigenvalue weighted by Gasteiger charge is -2.11. The molecule has 3 aromatic rings. The Morgan fingerprint density at radius 1 is 1.14 bits per heavy atom. The molecule has 0 aliphatic carbocycles. The molecular weight excluding hydrogens is 264 g/mol. The van der Waals surface area contributed by atoms with E-state index in [-0.39, 0.29) is 6.04 Å². The van der Waals surface area contributed by atoms with Gasteiger partial charge in [-0.3, -0.25) is 4.57 Å². The number of imidazole rings is 1. The van der Waals surface area contributed by atoms with Gasteiger partial charge in [0.15, 0.2) is 5.65 Å². The van der Waals surface area contributed by atoms with Crippen molar-refractivity contribution in [1.82, 2.24) is 14.5 Å². The third-order valence-corrected chi connectivity index (χ3v) is 3.22. The van der Waals surface area contributed by atoms with Gasteiger partial charge in [-0.1, -0.05) is 18.2 Å². The summed E-state index contributed by atoms with van der Waals surface area (Å²) >= 11 is 0. The molecule has 0 radical (unpaired) electrons. The molecule has 0 unspecified atom stereocenters. The predicted octanol–water partition coefficient (Wildman–Crippen LogP) is 2.84. The monoisotopic (exact) mass is 282 g/mol. The van der Waals surface area contributed by atoms with E-state index in [9.17, 15) is 0 Å². The van der Waals surface area contributed by atoms with Gasteiger partial charge in [-0.05, 0) is 32.0 Å². The molecule has 2 aromatic heterocycles. The second-order valence-corrected chi connectivity index (χ2v) is 4.85. The van der Waals surface area contributed by atoms with Gasteiger partial charge >= 0.3 is 0 Å². The Balaban J connectivity index is 2.27. The molecule has 0 saturated carbocycles. The fraction of sp³-hybridized carbons (Fsp3) is 0.250. The van der Waals surface area contributed by atoms with Crippen LogP contribution in [0.2, 0.25) is 0 Å². The van der Waals surface area contributed by atoms with Crippen LogP contribution in [-0.4, -0.2) is 21.1 Å². The number of hydrogen-bond acceptors (Lipinski definition) is 4. The molecule has 5 heteroatoms. The number of nitrogens with zero attached hydrogens (tertiary/aromatic N) is 3. The standard InChI is InChI=1S/C16H18N4O/c1-3-21-14-10-9-13-16(19-14)20(15(18-13)11(2)17)12-7-5-4-6-8-12/h4-11H,3,17H2,1-2H3/t11-/m0/s1. The zero-order valence-corrected chi connectivity index (χ0v) is 12.2. The third kappa shape index (κ3) is 2.48. The van der Waals surface area contributed by atoms with E-state index >= 15 is 0 Å². The minimum absolute atomic E-state index is 0.185. The summed E-state index contributed by atoms with van der Waals surface area (Å²) in [5, 5.41) is 0. The van der Waals surface area contributed by atoms with Crippen molar-refractivity contribution < 1.29 is 4.74 Å². The number of aromatic nitrogens is 3. The van der Waals surface area contributed by atoms with E-state index in [2.05, 4.69) is 9.97 Å².